The molecule has 1 fully saturated rings. The average Bonchev–Trinajstić information content (AvgIpc) is 3.41. The smallest absolute Gasteiger partial charge is 0.331 e. The first-order chi connectivity index (χ1) is 17.8. The van der Waals surface area contributed by atoms with Crippen molar-refractivity contribution in [3.05, 3.63) is 71.2 Å². The maximum atomic E-state index is 14.4. The van der Waals surface area contributed by atoms with E-state index in [1.807, 2.05) is 55.5 Å². The molecule has 8 nitrogen and oxygen atoms in total. The number of nitrogens with one attached hydrogen (secondary N) is 3. The molecule has 0 aliphatic carbocycles. The molecule has 4 aromatic rings. The van der Waals surface area contributed by atoms with Crippen molar-refractivity contribution in [3.63, 3.8) is 0 Å². The second kappa shape index (κ2) is 8.82. The fourth-order valence-corrected chi connectivity index (χ4v) is 5.80. The number of halogens is 1. The molecular weight excluding hydrogens is 493 g/mol. The lowest BCUT2D eigenvalue weighted by atomic mass is 9.99. The van der Waals surface area contributed by atoms with Crippen LogP contribution in [0.5, 0.6) is 11.5 Å². The summed E-state index contributed by atoms with van der Waals surface area (Å²) in [4.78, 5) is 33.6. The predicted octanol–water partition coefficient (Wildman–Crippen LogP) is 5.51. The number of amides is 3. The van der Waals surface area contributed by atoms with Crippen molar-refractivity contribution in [2.45, 2.75) is 25.6 Å². The van der Waals surface area contributed by atoms with Crippen LogP contribution >= 0.6 is 11.3 Å². The van der Waals surface area contributed by atoms with E-state index in [-0.39, 0.29) is 6.54 Å². The Balaban J connectivity index is 1.36. The number of carbonyl (C=O) groups is 2. The monoisotopic (exact) mass is 517 g/mol. The zero-order valence-corrected chi connectivity index (χ0v) is 21.0. The number of ether oxygens (including phenoxy) is 1. The molecule has 0 saturated carbocycles. The first-order valence-corrected chi connectivity index (χ1v) is 12.7. The minimum atomic E-state index is -1.21. The van der Waals surface area contributed by atoms with Crippen molar-refractivity contribution in [2.24, 2.45) is 0 Å². The van der Waals surface area contributed by atoms with E-state index in [0.717, 1.165) is 11.3 Å². The Hall–Kier alpha value is -4.02. The van der Waals surface area contributed by atoms with Gasteiger partial charge in [-0.05, 0) is 55.8 Å². The molecule has 37 heavy (non-hydrogen) atoms. The van der Waals surface area contributed by atoms with Crippen molar-refractivity contribution in [1.29, 1.82) is 0 Å². The van der Waals surface area contributed by atoms with Crippen LogP contribution in [0.4, 0.5) is 26.2 Å². The summed E-state index contributed by atoms with van der Waals surface area (Å²) in [7, 11) is 0. The van der Waals surface area contributed by atoms with Gasteiger partial charge in [-0.15, -0.1) is 11.3 Å². The predicted molar refractivity (Wildman–Crippen MR) is 142 cm³/mol. The van der Waals surface area contributed by atoms with Gasteiger partial charge in [0.2, 0.25) is 0 Å². The summed E-state index contributed by atoms with van der Waals surface area (Å²) in [6.07, 6.45) is 0.408. The maximum absolute atomic E-state index is 14.4. The summed E-state index contributed by atoms with van der Waals surface area (Å²) in [5.74, 6) is 0.933. The standard InChI is InChI=1S/C27H24FN5O3S/c1-15-12-17(36-16-6-4-3-5-7-16)8-9-18(15)33-19-10-11-30-25-21(19)22(31-26(33)35)23(37-25)24(34)32-27(2)14-29-13-20(27)28/h3-12,20,29H,13-14H2,1-2H3,(H,31,35)(H,32,34)/t20-,27-/m0/s1. The SMILES string of the molecule is Cc1cc(Oc2ccccc2)ccc1N1C(=O)Nc2c(C(=O)N[C@@]3(C)CNC[C@@H]3F)sc3nccc1c23. The number of alkyl halides is 1. The summed E-state index contributed by atoms with van der Waals surface area (Å²) in [6.45, 7) is 4.09. The fourth-order valence-electron chi connectivity index (χ4n) is 4.78. The Kier molecular flexibility index (Phi) is 5.58. The van der Waals surface area contributed by atoms with Gasteiger partial charge in [-0.25, -0.2) is 14.2 Å². The molecule has 4 heterocycles. The summed E-state index contributed by atoms with van der Waals surface area (Å²) in [6, 6.07) is 16.3. The van der Waals surface area contributed by atoms with E-state index < -0.39 is 23.6 Å². The Labute approximate surface area is 216 Å². The normalized spacial score (nSPS) is 20.7. The number of benzene rings is 2. The van der Waals surface area contributed by atoms with E-state index in [1.54, 1.807) is 24.1 Å². The lowest BCUT2D eigenvalue weighted by Crippen LogP contribution is -2.53. The van der Waals surface area contributed by atoms with E-state index in [0.29, 0.717) is 44.5 Å². The quantitative estimate of drug-likeness (QED) is 0.324. The molecule has 2 aromatic carbocycles. The Bertz CT molecular complexity index is 1540. The van der Waals surface area contributed by atoms with Gasteiger partial charge in [0.25, 0.3) is 5.91 Å². The molecule has 0 unspecified atom stereocenters. The number of aryl methyl sites for hydroxylation is 1. The van der Waals surface area contributed by atoms with Crippen LogP contribution in [0.2, 0.25) is 0 Å². The zero-order valence-electron chi connectivity index (χ0n) is 20.2. The van der Waals surface area contributed by atoms with Gasteiger partial charge in [-0.2, -0.15) is 0 Å². The van der Waals surface area contributed by atoms with Crippen LogP contribution in [0.25, 0.3) is 10.2 Å². The Morgan fingerprint density at radius 2 is 2.00 bits per heavy atom. The molecule has 0 spiro atoms. The van der Waals surface area contributed by atoms with Gasteiger partial charge in [-0.1, -0.05) is 18.2 Å². The molecule has 188 valence electrons. The summed E-state index contributed by atoms with van der Waals surface area (Å²) in [5.41, 5.74) is 1.50. The highest BCUT2D eigenvalue weighted by Crippen LogP contribution is 2.46. The number of urea groups is 1. The van der Waals surface area contributed by atoms with Gasteiger partial charge in [0.1, 0.15) is 27.4 Å². The van der Waals surface area contributed by atoms with Crippen LogP contribution in [-0.2, 0) is 0 Å². The van der Waals surface area contributed by atoms with E-state index in [1.165, 1.54) is 11.3 Å². The molecule has 1 saturated heterocycles. The third-order valence-electron chi connectivity index (χ3n) is 6.75. The van der Waals surface area contributed by atoms with Gasteiger partial charge in [0.15, 0.2) is 0 Å². The number of pyridine rings is 1. The van der Waals surface area contributed by atoms with E-state index in [4.69, 9.17) is 4.74 Å². The first kappa shape index (κ1) is 23.4. The molecule has 10 heteroatoms. The number of hydrogen-bond donors (Lipinski definition) is 3. The van der Waals surface area contributed by atoms with Gasteiger partial charge < -0.3 is 20.7 Å². The summed E-state index contributed by atoms with van der Waals surface area (Å²) >= 11 is 1.17. The number of hydrogen-bond acceptors (Lipinski definition) is 6. The van der Waals surface area contributed by atoms with Crippen LogP contribution in [0.1, 0.15) is 22.2 Å². The third-order valence-corrected chi connectivity index (χ3v) is 7.84. The lowest BCUT2D eigenvalue weighted by Gasteiger charge is -2.30. The van der Waals surface area contributed by atoms with E-state index in [2.05, 4.69) is 20.9 Å². The number of rotatable bonds is 5. The Morgan fingerprint density at radius 1 is 1.19 bits per heavy atom. The largest absolute Gasteiger partial charge is 0.457 e. The highest BCUT2D eigenvalue weighted by Gasteiger charge is 2.42. The van der Waals surface area contributed by atoms with Crippen LogP contribution in [0, 0.1) is 6.92 Å². The topological polar surface area (TPSA) is 95.6 Å². The molecular formula is C27H24FN5O3S. The second-order valence-electron chi connectivity index (χ2n) is 9.42. The van der Waals surface area contributed by atoms with E-state index >= 15 is 0 Å². The van der Waals surface area contributed by atoms with Crippen LogP contribution in [0.3, 0.4) is 0 Å². The number of thiophene rings is 1. The molecule has 0 bridgehead atoms. The number of carbonyl (C=O) groups excluding carboxylic acids is 2. The third kappa shape index (κ3) is 3.98. The van der Waals surface area contributed by atoms with Crippen molar-refractivity contribution in [2.75, 3.05) is 23.3 Å². The van der Waals surface area contributed by atoms with Crippen LogP contribution in [0.15, 0.2) is 60.8 Å². The summed E-state index contributed by atoms with van der Waals surface area (Å²) in [5, 5.41) is 9.35. The molecule has 3 N–H and O–H groups in total. The molecule has 6 rings (SSSR count). The zero-order chi connectivity index (χ0) is 25.7. The van der Waals surface area contributed by atoms with Gasteiger partial charge >= 0.3 is 6.03 Å². The lowest BCUT2D eigenvalue weighted by molar-refractivity contribution is 0.0879. The van der Waals surface area contributed by atoms with E-state index in [9.17, 15) is 14.0 Å². The maximum Gasteiger partial charge on any atom is 0.331 e. The van der Waals surface area contributed by atoms with Crippen molar-refractivity contribution >= 4 is 50.6 Å². The molecule has 3 amide bonds. The van der Waals surface area contributed by atoms with Crippen molar-refractivity contribution in [1.82, 2.24) is 15.6 Å². The fraction of sp³-hybridized carbons (Fsp3) is 0.222. The molecule has 0 radical (unpaired) electrons. The number of aromatic nitrogens is 1. The van der Waals surface area contributed by atoms with Crippen molar-refractivity contribution in [3.8, 4) is 11.5 Å². The second-order valence-corrected chi connectivity index (χ2v) is 10.4. The van der Waals surface area contributed by atoms with Gasteiger partial charge in [0, 0.05) is 19.3 Å². The van der Waals surface area contributed by atoms with Crippen molar-refractivity contribution < 1.29 is 18.7 Å². The molecule has 2 aliphatic rings. The molecule has 2 aliphatic heterocycles. The number of nitrogens with zero attached hydrogens (tertiary/aromatic N) is 2. The minimum absolute atomic E-state index is 0.183. The molecule has 2 atom stereocenters. The minimum Gasteiger partial charge on any atom is -0.457 e. The van der Waals surface area contributed by atoms with Gasteiger partial charge in [0.05, 0.1) is 28.0 Å². The Morgan fingerprint density at radius 3 is 2.73 bits per heavy atom. The van der Waals surface area contributed by atoms with Crippen LogP contribution < -0.4 is 25.6 Å². The number of anilines is 3. The first-order valence-electron chi connectivity index (χ1n) is 11.9. The summed E-state index contributed by atoms with van der Waals surface area (Å²) < 4.78 is 20.4. The number of para-hydroxylation sites is 1. The highest BCUT2D eigenvalue weighted by atomic mass is 32.1. The highest BCUT2D eigenvalue weighted by molar-refractivity contribution is 7.21. The average molecular weight is 518 g/mol. The van der Waals surface area contributed by atoms with Gasteiger partial charge in [-0.3, -0.25) is 9.69 Å². The molecule has 2 aromatic heterocycles. The van der Waals surface area contributed by atoms with Crippen LogP contribution in [-0.4, -0.2) is 41.7 Å².